The van der Waals surface area contributed by atoms with Crippen LogP contribution >= 0.6 is 15.9 Å². The number of halogens is 1. The number of nitrogens with one attached hydrogen (secondary N) is 1. The Hall–Kier alpha value is -1.16. The average Bonchev–Trinajstić information content (AvgIpc) is 2.46. The molecule has 0 radical (unpaired) electrons. The van der Waals surface area contributed by atoms with Crippen molar-refractivity contribution in [1.82, 2.24) is 5.43 Å². The van der Waals surface area contributed by atoms with Crippen molar-refractivity contribution in [3.63, 3.8) is 0 Å². The van der Waals surface area contributed by atoms with Gasteiger partial charge >= 0.3 is 0 Å². The van der Waals surface area contributed by atoms with E-state index in [-0.39, 0.29) is 6.04 Å². The molecule has 0 aromatic heterocycles. The molecule has 19 heavy (non-hydrogen) atoms. The van der Waals surface area contributed by atoms with Crippen molar-refractivity contribution in [3.05, 3.63) is 69.7 Å². The third kappa shape index (κ3) is 3.90. The number of rotatable bonds is 5. The van der Waals surface area contributed by atoms with Gasteiger partial charge in [0, 0.05) is 10.5 Å². The third-order valence-corrected chi connectivity index (χ3v) is 3.87. The van der Waals surface area contributed by atoms with Crippen LogP contribution in [0.15, 0.2) is 53.0 Å². The Balaban J connectivity index is 2.11. The van der Waals surface area contributed by atoms with Crippen LogP contribution in [0.4, 0.5) is 0 Å². The molecular weight excluding hydrogens is 300 g/mol. The Bertz CT molecular complexity index is 505. The van der Waals surface area contributed by atoms with E-state index in [1.54, 1.807) is 0 Å². The second-order valence-electron chi connectivity index (χ2n) is 4.64. The Morgan fingerprint density at radius 2 is 1.58 bits per heavy atom. The van der Waals surface area contributed by atoms with E-state index in [4.69, 9.17) is 5.84 Å². The summed E-state index contributed by atoms with van der Waals surface area (Å²) in [5, 5.41) is 0. The SMILES string of the molecule is CCc1ccc(CC(NN)c2ccc(Br)cc2)cc1. The lowest BCUT2D eigenvalue weighted by molar-refractivity contribution is 0.552. The lowest BCUT2D eigenvalue weighted by atomic mass is 9.98. The minimum absolute atomic E-state index is 0.139. The molecule has 1 atom stereocenters. The summed E-state index contributed by atoms with van der Waals surface area (Å²) in [4.78, 5) is 0. The van der Waals surface area contributed by atoms with Crippen molar-refractivity contribution in [2.24, 2.45) is 5.84 Å². The number of hydrogen-bond acceptors (Lipinski definition) is 2. The molecule has 0 amide bonds. The zero-order valence-electron chi connectivity index (χ0n) is 11.1. The molecule has 0 saturated heterocycles. The molecular formula is C16H19BrN2. The Kier molecular flexibility index (Phi) is 5.14. The summed E-state index contributed by atoms with van der Waals surface area (Å²) in [6.07, 6.45) is 1.97. The van der Waals surface area contributed by atoms with Gasteiger partial charge in [-0.1, -0.05) is 59.3 Å². The second kappa shape index (κ2) is 6.85. The first kappa shape index (κ1) is 14.3. The number of nitrogens with two attached hydrogens (primary N) is 1. The van der Waals surface area contributed by atoms with E-state index < -0.39 is 0 Å². The molecule has 2 aromatic carbocycles. The van der Waals surface area contributed by atoms with Gasteiger partial charge in [-0.2, -0.15) is 0 Å². The summed E-state index contributed by atoms with van der Waals surface area (Å²) in [5.74, 6) is 5.69. The molecule has 0 aliphatic carbocycles. The van der Waals surface area contributed by atoms with Gasteiger partial charge < -0.3 is 0 Å². The van der Waals surface area contributed by atoms with Crippen LogP contribution in [0.3, 0.4) is 0 Å². The zero-order valence-corrected chi connectivity index (χ0v) is 12.7. The van der Waals surface area contributed by atoms with Crippen LogP contribution in [0.5, 0.6) is 0 Å². The summed E-state index contributed by atoms with van der Waals surface area (Å²) >= 11 is 3.45. The standard InChI is InChI=1S/C16H19BrN2/c1-2-12-3-5-13(6-4-12)11-16(19-18)14-7-9-15(17)10-8-14/h3-10,16,19H,2,11,18H2,1H3. The van der Waals surface area contributed by atoms with Gasteiger partial charge in [0.25, 0.3) is 0 Å². The predicted octanol–water partition coefficient (Wildman–Crippen LogP) is 3.76. The third-order valence-electron chi connectivity index (χ3n) is 3.34. The normalized spacial score (nSPS) is 12.4. The van der Waals surface area contributed by atoms with Crippen molar-refractivity contribution in [2.75, 3.05) is 0 Å². The zero-order chi connectivity index (χ0) is 13.7. The van der Waals surface area contributed by atoms with Crippen LogP contribution < -0.4 is 11.3 Å². The predicted molar refractivity (Wildman–Crippen MR) is 83.7 cm³/mol. The first-order chi connectivity index (χ1) is 9.22. The smallest absolute Gasteiger partial charge is 0.0500 e. The van der Waals surface area contributed by atoms with Gasteiger partial charge in [0.2, 0.25) is 0 Å². The maximum absolute atomic E-state index is 5.69. The average molecular weight is 319 g/mol. The molecule has 0 aliphatic rings. The summed E-state index contributed by atoms with van der Waals surface area (Å²) in [5.41, 5.74) is 6.76. The lowest BCUT2D eigenvalue weighted by Gasteiger charge is -2.16. The van der Waals surface area contributed by atoms with Gasteiger partial charge in [-0.25, -0.2) is 0 Å². The van der Waals surface area contributed by atoms with Gasteiger partial charge in [-0.05, 0) is 41.7 Å². The Labute approximate surface area is 123 Å². The molecule has 0 saturated carbocycles. The summed E-state index contributed by atoms with van der Waals surface area (Å²) < 4.78 is 1.08. The molecule has 3 N–H and O–H groups in total. The second-order valence-corrected chi connectivity index (χ2v) is 5.56. The van der Waals surface area contributed by atoms with Crippen LogP contribution in [-0.2, 0) is 12.8 Å². The quantitative estimate of drug-likeness (QED) is 0.650. The highest BCUT2D eigenvalue weighted by Crippen LogP contribution is 2.20. The molecule has 0 bridgehead atoms. The van der Waals surface area contributed by atoms with E-state index in [9.17, 15) is 0 Å². The van der Waals surface area contributed by atoms with Crippen molar-refractivity contribution in [3.8, 4) is 0 Å². The molecule has 0 heterocycles. The Morgan fingerprint density at radius 3 is 2.11 bits per heavy atom. The highest BCUT2D eigenvalue weighted by atomic mass is 79.9. The highest BCUT2D eigenvalue weighted by molar-refractivity contribution is 9.10. The molecule has 0 fully saturated rings. The maximum Gasteiger partial charge on any atom is 0.0500 e. The number of benzene rings is 2. The van der Waals surface area contributed by atoms with Crippen molar-refractivity contribution in [2.45, 2.75) is 25.8 Å². The molecule has 100 valence electrons. The van der Waals surface area contributed by atoms with E-state index in [0.717, 1.165) is 17.3 Å². The van der Waals surface area contributed by atoms with Crippen LogP contribution in [0.25, 0.3) is 0 Å². The van der Waals surface area contributed by atoms with E-state index in [0.29, 0.717) is 0 Å². The van der Waals surface area contributed by atoms with Crippen LogP contribution in [0, 0.1) is 0 Å². The molecule has 2 rings (SSSR count). The number of hydrogen-bond donors (Lipinski definition) is 2. The van der Waals surface area contributed by atoms with Crippen LogP contribution in [0.1, 0.15) is 29.7 Å². The van der Waals surface area contributed by atoms with Crippen molar-refractivity contribution in [1.29, 1.82) is 0 Å². The van der Waals surface area contributed by atoms with Gasteiger partial charge in [-0.3, -0.25) is 11.3 Å². The summed E-state index contributed by atoms with van der Waals surface area (Å²) in [6.45, 7) is 2.17. The van der Waals surface area contributed by atoms with E-state index in [1.165, 1.54) is 16.7 Å². The van der Waals surface area contributed by atoms with Gasteiger partial charge in [-0.15, -0.1) is 0 Å². The van der Waals surface area contributed by atoms with E-state index in [1.807, 2.05) is 12.1 Å². The number of aryl methyl sites for hydroxylation is 1. The monoisotopic (exact) mass is 318 g/mol. The molecule has 2 nitrogen and oxygen atoms in total. The fourth-order valence-electron chi connectivity index (χ4n) is 2.11. The van der Waals surface area contributed by atoms with E-state index >= 15 is 0 Å². The maximum atomic E-state index is 5.69. The lowest BCUT2D eigenvalue weighted by Crippen LogP contribution is -2.29. The fourth-order valence-corrected chi connectivity index (χ4v) is 2.38. The first-order valence-electron chi connectivity index (χ1n) is 6.52. The fraction of sp³-hybridized carbons (Fsp3) is 0.250. The van der Waals surface area contributed by atoms with Gasteiger partial charge in [0.15, 0.2) is 0 Å². The van der Waals surface area contributed by atoms with Gasteiger partial charge in [0.05, 0.1) is 0 Å². The first-order valence-corrected chi connectivity index (χ1v) is 7.31. The molecule has 2 aromatic rings. The van der Waals surface area contributed by atoms with Crippen molar-refractivity contribution >= 4 is 15.9 Å². The topological polar surface area (TPSA) is 38.0 Å². The minimum atomic E-state index is 0.139. The largest absolute Gasteiger partial charge is 0.271 e. The Morgan fingerprint density at radius 1 is 1.00 bits per heavy atom. The van der Waals surface area contributed by atoms with Gasteiger partial charge in [0.1, 0.15) is 0 Å². The van der Waals surface area contributed by atoms with Crippen LogP contribution in [-0.4, -0.2) is 0 Å². The highest BCUT2D eigenvalue weighted by Gasteiger charge is 2.10. The molecule has 3 heteroatoms. The molecule has 0 spiro atoms. The van der Waals surface area contributed by atoms with Crippen LogP contribution in [0.2, 0.25) is 0 Å². The minimum Gasteiger partial charge on any atom is -0.271 e. The molecule has 1 unspecified atom stereocenters. The molecule has 0 aliphatic heterocycles. The number of hydrazine groups is 1. The summed E-state index contributed by atoms with van der Waals surface area (Å²) in [7, 11) is 0. The summed E-state index contributed by atoms with van der Waals surface area (Å²) in [6, 6.07) is 17.1. The van der Waals surface area contributed by atoms with E-state index in [2.05, 4.69) is 64.7 Å². The van der Waals surface area contributed by atoms with Crippen molar-refractivity contribution < 1.29 is 0 Å².